The molecule has 1 fully saturated rings. The summed E-state index contributed by atoms with van der Waals surface area (Å²) in [6.45, 7) is 2.53. The van der Waals surface area contributed by atoms with Gasteiger partial charge in [0.2, 0.25) is 0 Å². The molecule has 2 heterocycles. The van der Waals surface area contributed by atoms with E-state index in [-0.39, 0.29) is 12.4 Å². The quantitative estimate of drug-likeness (QED) is 0.200. The van der Waals surface area contributed by atoms with Crippen molar-refractivity contribution in [1.82, 2.24) is 15.3 Å². The Kier molecular flexibility index (Phi) is 10.3. The zero-order valence-corrected chi connectivity index (χ0v) is 21.1. The first-order valence-corrected chi connectivity index (χ1v) is 13.4. The van der Waals surface area contributed by atoms with Crippen molar-refractivity contribution in [1.29, 1.82) is 0 Å². The van der Waals surface area contributed by atoms with Gasteiger partial charge in [-0.05, 0) is 31.6 Å². The number of nitrogens with zero attached hydrogens (tertiary/aromatic N) is 1. The minimum atomic E-state index is -4.21. The van der Waals surface area contributed by atoms with E-state index >= 15 is 0 Å². The zero-order chi connectivity index (χ0) is 26.1. The number of urea groups is 1. The van der Waals surface area contributed by atoms with Crippen LogP contribution < -0.4 is 14.9 Å². The third-order valence-corrected chi connectivity index (χ3v) is 7.32. The minimum absolute atomic E-state index is 0.210. The van der Waals surface area contributed by atoms with Crippen molar-refractivity contribution in [3.63, 3.8) is 0 Å². The molecule has 11 nitrogen and oxygen atoms in total. The molecule has 0 aliphatic carbocycles. The summed E-state index contributed by atoms with van der Waals surface area (Å²) in [5.74, 6) is -1.48. The van der Waals surface area contributed by atoms with Gasteiger partial charge in [-0.2, -0.15) is 5.09 Å². The highest BCUT2D eigenvalue weighted by Crippen LogP contribution is 2.46. The van der Waals surface area contributed by atoms with Crippen molar-refractivity contribution in [2.24, 2.45) is 5.92 Å². The largest absolute Gasteiger partial charge is 0.465 e. The Labute approximate surface area is 209 Å². The van der Waals surface area contributed by atoms with Crippen LogP contribution in [0.25, 0.3) is 0 Å². The summed E-state index contributed by atoms with van der Waals surface area (Å²) in [5.41, 5.74) is 0. The number of carbonyl (C=O) groups excluding carboxylic acids is 2. The number of nitrogens with one attached hydrogen (secondary N) is 2. The highest BCUT2D eigenvalue weighted by molar-refractivity contribution is 7.52. The second kappa shape index (κ2) is 13.2. The van der Waals surface area contributed by atoms with Gasteiger partial charge in [0.25, 0.3) is 0 Å². The molecule has 2 amide bonds. The summed E-state index contributed by atoms with van der Waals surface area (Å²) < 4.78 is 49.6. The Morgan fingerprint density at radius 3 is 2.81 bits per heavy atom. The number of alkyl halides is 1. The summed E-state index contributed by atoms with van der Waals surface area (Å²) in [6.07, 6.45) is 1.05. The van der Waals surface area contributed by atoms with E-state index in [9.17, 15) is 23.7 Å². The van der Waals surface area contributed by atoms with Gasteiger partial charge in [0, 0.05) is 18.7 Å². The van der Waals surface area contributed by atoms with Crippen LogP contribution in [0.3, 0.4) is 0 Å². The van der Waals surface area contributed by atoms with Gasteiger partial charge in [-0.25, -0.2) is 9.36 Å². The molecule has 36 heavy (non-hydrogen) atoms. The molecule has 0 radical (unpaired) electrons. The molecule has 0 bridgehead atoms. The van der Waals surface area contributed by atoms with Crippen LogP contribution in [0, 0.1) is 5.92 Å². The number of benzene rings is 1. The molecule has 0 aromatic heterocycles. The molecule has 6 unspecified atom stereocenters. The fourth-order valence-electron chi connectivity index (χ4n) is 3.66. The van der Waals surface area contributed by atoms with Gasteiger partial charge in [0.05, 0.1) is 26.0 Å². The molecule has 1 aromatic rings. The van der Waals surface area contributed by atoms with E-state index in [0.29, 0.717) is 13.0 Å². The van der Waals surface area contributed by atoms with Gasteiger partial charge < -0.3 is 24.4 Å². The number of aliphatic hydroxyl groups excluding tert-OH is 1. The molecule has 3 N–H and O–H groups in total. The van der Waals surface area contributed by atoms with E-state index in [4.69, 9.17) is 18.5 Å². The van der Waals surface area contributed by atoms with Crippen molar-refractivity contribution < 1.29 is 42.2 Å². The number of unbranched alkanes of at least 4 members (excludes halogenated alkanes) is 1. The lowest BCUT2D eigenvalue weighted by atomic mass is 10.00. The number of carbonyl (C=O) groups is 2. The molecule has 3 rings (SSSR count). The Morgan fingerprint density at radius 1 is 1.39 bits per heavy atom. The maximum absolute atomic E-state index is 13.9. The first-order chi connectivity index (χ1) is 17.3. The van der Waals surface area contributed by atoms with E-state index < -0.39 is 63.4 Å². The highest BCUT2D eigenvalue weighted by atomic mass is 31.2. The molecule has 6 atom stereocenters. The summed E-state index contributed by atoms with van der Waals surface area (Å²) in [4.78, 5) is 25.6. The van der Waals surface area contributed by atoms with E-state index in [1.54, 1.807) is 36.4 Å². The number of amides is 2. The number of para-hydroxylation sites is 1. The van der Waals surface area contributed by atoms with Gasteiger partial charge >= 0.3 is 19.7 Å². The molecule has 1 saturated heterocycles. The first-order valence-electron chi connectivity index (χ1n) is 11.8. The van der Waals surface area contributed by atoms with Crippen molar-refractivity contribution in [3.8, 4) is 5.75 Å². The van der Waals surface area contributed by atoms with E-state index in [1.165, 1.54) is 13.1 Å². The smallest absolute Gasteiger partial charge is 0.459 e. The number of hydrogen-bond acceptors (Lipinski definition) is 8. The standard InChI is InChI=1S/C23H33FN3O8P/c1-3-4-13-32-22(29)16(2)26-36(31,35-17-9-6-5-7-10-17)33-15-19-18(14-24)20(28)21(34-19)27-12-8-11-25-23(27)30/h5-10,12,16,18-21,28H,3-4,11,13-15H2,1-2H3,(H,25,30)(H,26,31). The third-order valence-electron chi connectivity index (χ3n) is 5.67. The fourth-order valence-corrected chi connectivity index (χ4v) is 5.16. The fraction of sp³-hybridized carbons (Fsp3) is 0.565. The molecule has 2 aliphatic rings. The van der Waals surface area contributed by atoms with Gasteiger partial charge in [0.1, 0.15) is 17.9 Å². The van der Waals surface area contributed by atoms with Crippen LogP contribution in [0.1, 0.15) is 26.7 Å². The molecule has 1 aromatic carbocycles. The van der Waals surface area contributed by atoms with Crippen LogP contribution in [0.5, 0.6) is 5.75 Å². The van der Waals surface area contributed by atoms with Crippen LogP contribution >= 0.6 is 7.75 Å². The Balaban J connectivity index is 1.71. The number of rotatable bonds is 13. The van der Waals surface area contributed by atoms with E-state index in [1.807, 2.05) is 6.92 Å². The average molecular weight is 530 g/mol. The van der Waals surface area contributed by atoms with Gasteiger partial charge in [-0.3, -0.25) is 18.6 Å². The number of halogens is 1. The molecular weight excluding hydrogens is 496 g/mol. The number of aliphatic hydroxyl groups is 1. The zero-order valence-electron chi connectivity index (χ0n) is 20.2. The van der Waals surface area contributed by atoms with Crippen molar-refractivity contribution in [3.05, 3.63) is 42.6 Å². The lowest BCUT2D eigenvalue weighted by Gasteiger charge is -2.29. The van der Waals surface area contributed by atoms with E-state index in [2.05, 4.69) is 10.4 Å². The lowest BCUT2D eigenvalue weighted by Crippen LogP contribution is -2.49. The number of ether oxygens (including phenoxy) is 2. The van der Waals surface area contributed by atoms with E-state index in [0.717, 1.165) is 11.3 Å². The summed E-state index contributed by atoms with van der Waals surface area (Å²) in [5, 5.41) is 15.8. The number of esters is 1. The van der Waals surface area contributed by atoms with Gasteiger partial charge in [-0.1, -0.05) is 31.5 Å². The van der Waals surface area contributed by atoms with Crippen LogP contribution in [0.2, 0.25) is 0 Å². The topological polar surface area (TPSA) is 136 Å². The SMILES string of the molecule is CCCCOC(=O)C(C)NP(=O)(OCC1OC(N2C=CCNC2=O)C(O)C1CF)Oc1ccccc1. The average Bonchev–Trinajstić information content (AvgIpc) is 3.18. The lowest BCUT2D eigenvalue weighted by molar-refractivity contribution is -0.145. The Bertz CT molecular complexity index is 953. The predicted molar refractivity (Wildman–Crippen MR) is 128 cm³/mol. The van der Waals surface area contributed by atoms with Crippen molar-refractivity contribution >= 4 is 19.7 Å². The second-order valence-electron chi connectivity index (χ2n) is 8.42. The minimum Gasteiger partial charge on any atom is -0.465 e. The normalized spacial score (nSPS) is 26.2. The van der Waals surface area contributed by atoms with Gasteiger partial charge in [-0.15, -0.1) is 0 Å². The molecule has 0 spiro atoms. The maximum Gasteiger partial charge on any atom is 0.459 e. The van der Waals surface area contributed by atoms with Crippen molar-refractivity contribution in [2.75, 3.05) is 26.4 Å². The van der Waals surface area contributed by atoms with Crippen LogP contribution in [-0.2, 0) is 23.4 Å². The predicted octanol–water partition coefficient (Wildman–Crippen LogP) is 2.72. The van der Waals surface area contributed by atoms with Crippen LogP contribution in [0.15, 0.2) is 42.6 Å². The summed E-state index contributed by atoms with van der Waals surface area (Å²) in [7, 11) is -4.21. The monoisotopic (exact) mass is 529 g/mol. The van der Waals surface area contributed by atoms with Crippen LogP contribution in [0.4, 0.5) is 9.18 Å². The molecular formula is C23H33FN3O8P. The Hall–Kier alpha value is -2.50. The van der Waals surface area contributed by atoms with Crippen LogP contribution in [-0.4, -0.2) is 72.9 Å². The molecule has 13 heteroatoms. The first kappa shape index (κ1) is 28.1. The molecule has 2 aliphatic heterocycles. The Morgan fingerprint density at radius 2 is 2.14 bits per heavy atom. The molecule has 0 saturated carbocycles. The highest BCUT2D eigenvalue weighted by Gasteiger charge is 2.48. The second-order valence-corrected chi connectivity index (χ2v) is 10.1. The number of hydrogen-bond donors (Lipinski definition) is 3. The summed E-state index contributed by atoms with van der Waals surface area (Å²) >= 11 is 0. The van der Waals surface area contributed by atoms with Gasteiger partial charge in [0.15, 0.2) is 6.23 Å². The maximum atomic E-state index is 13.9. The molecule has 200 valence electrons. The van der Waals surface area contributed by atoms with Crippen molar-refractivity contribution in [2.45, 2.75) is 51.2 Å². The third kappa shape index (κ3) is 7.27. The summed E-state index contributed by atoms with van der Waals surface area (Å²) in [6, 6.07) is 6.64.